The van der Waals surface area contributed by atoms with Crippen LogP contribution >= 0.6 is 11.3 Å². The van der Waals surface area contributed by atoms with Gasteiger partial charge in [0.2, 0.25) is 0 Å². The van der Waals surface area contributed by atoms with E-state index in [9.17, 15) is 10.1 Å². The summed E-state index contributed by atoms with van der Waals surface area (Å²) in [4.78, 5) is 18.3. The van der Waals surface area contributed by atoms with Gasteiger partial charge in [-0.2, -0.15) is 9.62 Å². The number of hydrogen-bond acceptors (Lipinski definition) is 5. The molecule has 1 aromatic carbocycles. The van der Waals surface area contributed by atoms with Crippen molar-refractivity contribution >= 4 is 28.1 Å². The van der Waals surface area contributed by atoms with Gasteiger partial charge in [0, 0.05) is 27.5 Å². The smallest absolute Gasteiger partial charge is 0.257 e. The van der Waals surface area contributed by atoms with Gasteiger partial charge in [0.1, 0.15) is 0 Å². The van der Waals surface area contributed by atoms with Gasteiger partial charge >= 0.3 is 0 Å². The Morgan fingerprint density at radius 3 is 2.27 bits per heavy atom. The molecule has 0 fully saturated rings. The topological polar surface area (TPSA) is 104 Å². The average Bonchev–Trinajstić information content (AvgIpc) is 3.16. The van der Waals surface area contributed by atoms with Gasteiger partial charge in [-0.25, -0.2) is 4.98 Å². The number of thiazole rings is 1. The van der Waals surface area contributed by atoms with E-state index in [1.54, 1.807) is 13.2 Å². The minimum Gasteiger partial charge on any atom is -0.321 e. The maximum atomic E-state index is 13.0. The molecule has 3 N–H and O–H groups in total. The van der Waals surface area contributed by atoms with Crippen molar-refractivity contribution in [1.29, 1.82) is 5.26 Å². The summed E-state index contributed by atoms with van der Waals surface area (Å²) in [5.74, 6) is 0.203. The van der Waals surface area contributed by atoms with Crippen molar-refractivity contribution in [3.63, 3.8) is 0 Å². The van der Waals surface area contributed by atoms with Crippen molar-refractivity contribution in [3.05, 3.63) is 45.5 Å². The number of nitriles is 1. The van der Waals surface area contributed by atoms with E-state index in [1.165, 1.54) is 11.3 Å². The van der Waals surface area contributed by atoms with Crippen LogP contribution in [0.4, 0.5) is 0 Å². The lowest BCUT2D eigenvalue weighted by Crippen LogP contribution is -2.27. The summed E-state index contributed by atoms with van der Waals surface area (Å²) in [6, 6.07) is 6.03. The highest BCUT2D eigenvalue weighted by molar-refractivity contribution is 7.87. The molecule has 162 valence electrons. The van der Waals surface area contributed by atoms with Crippen molar-refractivity contribution < 1.29 is 4.79 Å². The van der Waals surface area contributed by atoms with Crippen molar-refractivity contribution in [2.24, 2.45) is 10.1 Å². The molecule has 1 heterocycles. The molecule has 1 amide bonds. The van der Waals surface area contributed by atoms with Crippen molar-refractivity contribution in [2.45, 2.75) is 69.7 Å². The number of nitrogens with two attached hydrogens (primary N) is 1. The number of aromatic nitrogens is 1. The minimum absolute atomic E-state index is 0.203. The van der Waals surface area contributed by atoms with Gasteiger partial charge in [-0.3, -0.25) is 9.52 Å². The van der Waals surface area contributed by atoms with Crippen LogP contribution in [0.3, 0.4) is 0 Å². The first-order valence-electron chi connectivity index (χ1n) is 9.96. The fourth-order valence-corrected chi connectivity index (χ4v) is 5.49. The number of benzene rings is 1. The zero-order chi connectivity index (χ0) is 22.6. The maximum Gasteiger partial charge on any atom is 0.257 e. The third-order valence-corrected chi connectivity index (χ3v) is 7.76. The molecule has 6 nitrogen and oxygen atoms in total. The Kier molecular flexibility index (Phi) is 8.06. The van der Waals surface area contributed by atoms with E-state index < -0.39 is 16.4 Å². The lowest BCUT2D eigenvalue weighted by molar-refractivity contribution is -0.117. The molecule has 1 unspecified atom stereocenters. The van der Waals surface area contributed by atoms with Crippen LogP contribution in [0.5, 0.6) is 0 Å². The molecule has 0 saturated carbocycles. The van der Waals surface area contributed by atoms with E-state index in [2.05, 4.69) is 47.8 Å². The van der Waals surface area contributed by atoms with E-state index in [0.717, 1.165) is 25.9 Å². The molecule has 0 spiro atoms. The molecule has 2 rings (SSSR count). The predicted molar refractivity (Wildman–Crippen MR) is 124 cm³/mol. The average molecular weight is 446 g/mol. The van der Waals surface area contributed by atoms with Crippen LogP contribution in [0.1, 0.15) is 80.5 Å². The molecular weight excluding hydrogens is 414 g/mol. The molecule has 0 aliphatic carbocycles. The van der Waals surface area contributed by atoms with Crippen molar-refractivity contribution in [1.82, 2.24) is 9.71 Å². The van der Waals surface area contributed by atoms with E-state index >= 15 is 0 Å². The summed E-state index contributed by atoms with van der Waals surface area (Å²) in [6.45, 7) is 12.2. The van der Waals surface area contributed by atoms with Gasteiger partial charge in [0.05, 0.1) is 18.1 Å². The number of carbonyl (C=O) groups excluding carboxylic acids is 1. The Hall–Kier alpha value is -1.92. The summed E-state index contributed by atoms with van der Waals surface area (Å²) < 4.78 is 8.26. The van der Waals surface area contributed by atoms with Gasteiger partial charge in [-0.1, -0.05) is 27.7 Å². The molecule has 0 aliphatic rings. The molecular formula is C22H31N5OS2. The maximum absolute atomic E-state index is 13.0. The highest BCUT2D eigenvalue weighted by Crippen LogP contribution is 2.30. The number of nitrogens with zero attached hydrogens (tertiary/aromatic N) is 3. The van der Waals surface area contributed by atoms with Crippen LogP contribution in [0.15, 0.2) is 27.0 Å². The second-order valence-electron chi connectivity index (χ2n) is 8.42. The second-order valence-corrected chi connectivity index (χ2v) is 11.3. The van der Waals surface area contributed by atoms with E-state index in [0.29, 0.717) is 5.56 Å². The summed E-state index contributed by atoms with van der Waals surface area (Å²) in [7, 11) is 0.945. The van der Waals surface area contributed by atoms with E-state index in [-0.39, 0.29) is 24.2 Å². The second kappa shape index (κ2) is 9.92. The number of hydrogen-bond donors (Lipinski definition) is 2. The summed E-state index contributed by atoms with van der Waals surface area (Å²) in [5.41, 5.74) is 9.36. The summed E-state index contributed by atoms with van der Waals surface area (Å²) in [5, 5.41) is 9.40. The van der Waals surface area contributed by atoms with Crippen molar-refractivity contribution in [2.75, 3.05) is 7.05 Å². The molecule has 2 aromatic rings. The van der Waals surface area contributed by atoms with Crippen molar-refractivity contribution in [3.8, 4) is 6.07 Å². The first-order chi connectivity index (χ1) is 14.0. The Bertz CT molecular complexity index is 965. The lowest BCUT2D eigenvalue weighted by Gasteiger charge is -2.19. The quantitative estimate of drug-likeness (QED) is 0.652. The Morgan fingerprint density at radius 2 is 1.87 bits per heavy atom. The first-order valence-corrected chi connectivity index (χ1v) is 12.0. The first kappa shape index (κ1) is 24.4. The van der Waals surface area contributed by atoms with Crippen LogP contribution in [0.2, 0.25) is 0 Å². The Labute approximate surface area is 186 Å². The van der Waals surface area contributed by atoms with Gasteiger partial charge in [0.15, 0.2) is 4.34 Å². The van der Waals surface area contributed by atoms with Crippen LogP contribution in [-0.2, 0) is 27.6 Å². The number of rotatable bonds is 7. The minimum atomic E-state index is -0.828. The molecule has 0 saturated heterocycles. The predicted octanol–water partition coefficient (Wildman–Crippen LogP) is 4.52. The zero-order valence-corrected chi connectivity index (χ0v) is 20.4. The van der Waals surface area contributed by atoms with Gasteiger partial charge in [0.25, 0.3) is 5.91 Å². The van der Waals surface area contributed by atoms with Gasteiger partial charge in [-0.15, -0.1) is 11.3 Å². The fourth-order valence-electron chi connectivity index (χ4n) is 3.12. The molecule has 0 aliphatic heterocycles. The SMILES string of the molecule is CNS(=NC(=O)Cc1c(C(C)C)cc(C#N)cc1C(C)C)c1ncc(C(C)(C)N)s1. The third-order valence-electron chi connectivity index (χ3n) is 4.69. The largest absolute Gasteiger partial charge is 0.321 e. The normalized spacial score (nSPS) is 13.1. The number of carbonyl (C=O) groups is 1. The van der Waals surface area contributed by atoms with Crippen LogP contribution < -0.4 is 10.5 Å². The summed E-state index contributed by atoms with van der Waals surface area (Å²) >= 11 is 1.47. The lowest BCUT2D eigenvalue weighted by atomic mass is 9.85. The van der Waals surface area contributed by atoms with E-state index in [4.69, 9.17) is 5.73 Å². The molecule has 0 radical (unpaired) electrons. The zero-order valence-electron chi connectivity index (χ0n) is 18.7. The number of amides is 1. The highest BCUT2D eigenvalue weighted by Gasteiger charge is 2.21. The van der Waals surface area contributed by atoms with E-state index in [1.807, 2.05) is 26.0 Å². The number of nitrogens with one attached hydrogen (secondary N) is 1. The van der Waals surface area contributed by atoms with Gasteiger partial charge < -0.3 is 5.73 Å². The monoisotopic (exact) mass is 445 g/mol. The Balaban J connectivity index is 2.43. The van der Waals surface area contributed by atoms with Crippen LogP contribution in [0, 0.1) is 11.3 Å². The Morgan fingerprint density at radius 1 is 1.30 bits per heavy atom. The summed E-state index contributed by atoms with van der Waals surface area (Å²) in [6.07, 6.45) is 1.96. The van der Waals surface area contributed by atoms with Crippen LogP contribution in [-0.4, -0.2) is 17.9 Å². The standard InChI is InChI=1S/C22H31N5OS2/c1-13(2)16-8-15(11-23)9-17(14(3)4)18(16)10-20(28)27-30(25-7)21-26-12-19(29-21)22(5,6)24/h8-9,12-14H,10,24H2,1-7H3,(H,25,27,28). The molecule has 0 bridgehead atoms. The molecule has 30 heavy (non-hydrogen) atoms. The van der Waals surface area contributed by atoms with Gasteiger partial charge in [-0.05, 0) is 61.6 Å². The molecule has 1 atom stereocenters. The van der Waals surface area contributed by atoms with Crippen LogP contribution in [0.25, 0.3) is 0 Å². The fraction of sp³-hybridized carbons (Fsp3) is 0.500. The highest BCUT2D eigenvalue weighted by atomic mass is 32.2. The third kappa shape index (κ3) is 5.82. The molecule has 1 aromatic heterocycles. The molecule has 8 heteroatoms.